The smallest absolute Gasteiger partial charge is 0.123 e. The second-order valence-electron chi connectivity index (χ2n) is 4.43. The second kappa shape index (κ2) is 6.07. The summed E-state index contributed by atoms with van der Waals surface area (Å²) >= 11 is 1.76. The van der Waals surface area contributed by atoms with Crippen molar-refractivity contribution in [2.75, 3.05) is 6.54 Å². The maximum absolute atomic E-state index is 4.53. The maximum Gasteiger partial charge on any atom is 0.123 e. The minimum Gasteiger partial charge on any atom is -0.309 e. The largest absolute Gasteiger partial charge is 0.309 e. The third-order valence-electron chi connectivity index (χ3n) is 2.90. The maximum atomic E-state index is 4.53. The number of pyridine rings is 1. The summed E-state index contributed by atoms with van der Waals surface area (Å²) in [6.07, 6.45) is 6.84. The Morgan fingerprint density at radius 2 is 2.22 bits per heavy atom. The van der Waals surface area contributed by atoms with Crippen LogP contribution in [0.5, 0.6) is 0 Å². The Kier molecular flexibility index (Phi) is 4.44. The monoisotopic (exact) mass is 261 g/mol. The van der Waals surface area contributed by atoms with Gasteiger partial charge >= 0.3 is 0 Å². The summed E-state index contributed by atoms with van der Waals surface area (Å²) in [6.45, 7) is 7.48. The topological polar surface area (TPSA) is 37.8 Å². The van der Waals surface area contributed by atoms with Crippen molar-refractivity contribution >= 4 is 11.3 Å². The van der Waals surface area contributed by atoms with Crippen molar-refractivity contribution in [1.29, 1.82) is 0 Å². The molecule has 0 bridgehead atoms. The average molecular weight is 261 g/mol. The van der Waals surface area contributed by atoms with Crippen LogP contribution in [0.15, 0.2) is 24.7 Å². The first-order chi connectivity index (χ1) is 8.72. The molecule has 4 heteroatoms. The van der Waals surface area contributed by atoms with E-state index in [1.807, 2.05) is 24.7 Å². The molecule has 0 aliphatic rings. The van der Waals surface area contributed by atoms with Gasteiger partial charge in [0.1, 0.15) is 5.01 Å². The second-order valence-corrected chi connectivity index (χ2v) is 5.50. The number of hydrogen-bond donors (Lipinski definition) is 1. The Bertz CT molecular complexity index is 507. The van der Waals surface area contributed by atoms with E-state index in [4.69, 9.17) is 0 Å². The van der Waals surface area contributed by atoms with E-state index in [0.717, 1.165) is 18.0 Å². The molecule has 2 aromatic heterocycles. The standard InChI is InChI=1S/C14H19N3S/c1-4-6-16-11(3)13-9-17-14(18-13)12-5-7-15-8-10(12)2/h5,7-9,11,16H,4,6H2,1-3H3. The van der Waals surface area contributed by atoms with Gasteiger partial charge in [-0.3, -0.25) is 4.98 Å². The Labute approximate surface area is 112 Å². The first-order valence-electron chi connectivity index (χ1n) is 6.32. The number of nitrogens with one attached hydrogen (secondary N) is 1. The van der Waals surface area contributed by atoms with Gasteiger partial charge in [-0.2, -0.15) is 0 Å². The van der Waals surface area contributed by atoms with Gasteiger partial charge in [0.25, 0.3) is 0 Å². The molecule has 0 saturated carbocycles. The van der Waals surface area contributed by atoms with E-state index in [1.165, 1.54) is 16.0 Å². The zero-order valence-corrected chi connectivity index (χ0v) is 11.9. The zero-order valence-electron chi connectivity index (χ0n) is 11.1. The van der Waals surface area contributed by atoms with Gasteiger partial charge < -0.3 is 5.32 Å². The summed E-state index contributed by atoms with van der Waals surface area (Å²) in [5.41, 5.74) is 2.36. The van der Waals surface area contributed by atoms with Crippen LogP contribution in [0.4, 0.5) is 0 Å². The van der Waals surface area contributed by atoms with Crippen LogP contribution in [0.3, 0.4) is 0 Å². The van der Waals surface area contributed by atoms with Crippen LogP contribution < -0.4 is 5.32 Å². The number of thiazole rings is 1. The van der Waals surface area contributed by atoms with Gasteiger partial charge in [0, 0.05) is 35.1 Å². The minimum absolute atomic E-state index is 0.373. The van der Waals surface area contributed by atoms with Crippen molar-refractivity contribution < 1.29 is 0 Å². The van der Waals surface area contributed by atoms with Gasteiger partial charge in [0.2, 0.25) is 0 Å². The fourth-order valence-corrected chi connectivity index (χ4v) is 2.82. The quantitative estimate of drug-likeness (QED) is 0.894. The number of aryl methyl sites for hydroxylation is 1. The molecule has 2 rings (SSSR count). The Morgan fingerprint density at radius 3 is 2.94 bits per heavy atom. The third kappa shape index (κ3) is 2.94. The molecule has 0 aliphatic heterocycles. The molecule has 2 heterocycles. The molecule has 0 spiro atoms. The fourth-order valence-electron chi connectivity index (χ4n) is 1.79. The molecule has 0 fully saturated rings. The first-order valence-corrected chi connectivity index (χ1v) is 7.14. The van der Waals surface area contributed by atoms with Crippen LogP contribution in [0.25, 0.3) is 10.6 Å². The van der Waals surface area contributed by atoms with Crippen LogP contribution >= 0.6 is 11.3 Å². The molecule has 18 heavy (non-hydrogen) atoms. The molecule has 3 nitrogen and oxygen atoms in total. The van der Waals surface area contributed by atoms with Gasteiger partial charge in [-0.1, -0.05) is 6.92 Å². The average Bonchev–Trinajstić information content (AvgIpc) is 2.86. The SMILES string of the molecule is CCCNC(C)c1cnc(-c2ccncc2C)s1. The van der Waals surface area contributed by atoms with Gasteiger partial charge in [0.15, 0.2) is 0 Å². The molecule has 1 N–H and O–H groups in total. The predicted molar refractivity (Wildman–Crippen MR) is 76.8 cm³/mol. The van der Waals surface area contributed by atoms with Crippen molar-refractivity contribution in [2.45, 2.75) is 33.2 Å². The highest BCUT2D eigenvalue weighted by Gasteiger charge is 2.11. The molecule has 0 saturated heterocycles. The van der Waals surface area contributed by atoms with Crippen LogP contribution in [0.1, 0.15) is 36.8 Å². The van der Waals surface area contributed by atoms with E-state index in [0.29, 0.717) is 6.04 Å². The van der Waals surface area contributed by atoms with E-state index >= 15 is 0 Å². The van der Waals surface area contributed by atoms with Crippen molar-refractivity contribution in [1.82, 2.24) is 15.3 Å². The van der Waals surface area contributed by atoms with Gasteiger partial charge in [-0.25, -0.2) is 4.98 Å². The summed E-state index contributed by atoms with van der Waals surface area (Å²) in [7, 11) is 0. The first kappa shape index (κ1) is 13.2. The Hall–Kier alpha value is -1.26. The molecule has 0 aliphatic carbocycles. The molecule has 96 valence electrons. The Morgan fingerprint density at radius 1 is 1.39 bits per heavy atom. The summed E-state index contributed by atoms with van der Waals surface area (Å²) < 4.78 is 0. The molecule has 1 unspecified atom stereocenters. The lowest BCUT2D eigenvalue weighted by molar-refractivity contribution is 0.577. The normalized spacial score (nSPS) is 12.6. The van der Waals surface area contributed by atoms with Crippen molar-refractivity contribution in [3.63, 3.8) is 0 Å². The lowest BCUT2D eigenvalue weighted by Gasteiger charge is -2.09. The van der Waals surface area contributed by atoms with Gasteiger partial charge in [-0.05, 0) is 38.4 Å². The van der Waals surface area contributed by atoms with Crippen LogP contribution in [0, 0.1) is 6.92 Å². The van der Waals surface area contributed by atoms with Gasteiger partial charge in [-0.15, -0.1) is 11.3 Å². The molecule has 0 amide bonds. The van der Waals surface area contributed by atoms with E-state index in [-0.39, 0.29) is 0 Å². The van der Waals surface area contributed by atoms with Crippen molar-refractivity contribution in [3.05, 3.63) is 35.1 Å². The summed E-state index contributed by atoms with van der Waals surface area (Å²) in [4.78, 5) is 9.93. The summed E-state index contributed by atoms with van der Waals surface area (Å²) in [6, 6.07) is 2.40. The van der Waals surface area contributed by atoms with Gasteiger partial charge in [0.05, 0.1) is 0 Å². The molecular weight excluding hydrogens is 242 g/mol. The lowest BCUT2D eigenvalue weighted by Crippen LogP contribution is -2.18. The van der Waals surface area contributed by atoms with E-state index in [9.17, 15) is 0 Å². The van der Waals surface area contributed by atoms with E-state index in [1.54, 1.807) is 11.3 Å². The highest BCUT2D eigenvalue weighted by atomic mass is 32.1. The number of hydrogen-bond acceptors (Lipinski definition) is 4. The number of rotatable bonds is 5. The van der Waals surface area contributed by atoms with E-state index < -0.39 is 0 Å². The van der Waals surface area contributed by atoms with Crippen LogP contribution in [0.2, 0.25) is 0 Å². The number of nitrogens with zero attached hydrogens (tertiary/aromatic N) is 2. The highest BCUT2D eigenvalue weighted by Crippen LogP contribution is 2.30. The minimum atomic E-state index is 0.373. The molecule has 0 aromatic carbocycles. The Balaban J connectivity index is 2.18. The summed E-state index contributed by atoms with van der Waals surface area (Å²) in [5.74, 6) is 0. The van der Waals surface area contributed by atoms with Crippen LogP contribution in [-0.4, -0.2) is 16.5 Å². The van der Waals surface area contributed by atoms with E-state index in [2.05, 4.69) is 36.1 Å². The zero-order chi connectivity index (χ0) is 13.0. The number of aromatic nitrogens is 2. The molecule has 0 radical (unpaired) electrons. The molecular formula is C14H19N3S. The van der Waals surface area contributed by atoms with Crippen molar-refractivity contribution in [3.8, 4) is 10.6 Å². The predicted octanol–water partition coefficient (Wildman–Crippen LogP) is 3.57. The summed E-state index contributed by atoms with van der Waals surface area (Å²) in [5, 5.41) is 4.56. The molecule has 2 aromatic rings. The lowest BCUT2D eigenvalue weighted by atomic mass is 10.2. The van der Waals surface area contributed by atoms with Crippen molar-refractivity contribution in [2.24, 2.45) is 0 Å². The highest BCUT2D eigenvalue weighted by molar-refractivity contribution is 7.15. The molecule has 1 atom stereocenters. The van der Waals surface area contributed by atoms with Crippen LogP contribution in [-0.2, 0) is 0 Å². The third-order valence-corrected chi connectivity index (χ3v) is 4.11. The fraction of sp³-hybridized carbons (Fsp3) is 0.429.